The monoisotopic (exact) mass is 223 g/mol. The van der Waals surface area contributed by atoms with Gasteiger partial charge in [-0.25, -0.2) is 9.78 Å². The molecule has 0 spiro atoms. The van der Waals surface area contributed by atoms with Gasteiger partial charge in [-0.3, -0.25) is 0 Å². The van der Waals surface area contributed by atoms with Crippen molar-refractivity contribution in [1.29, 1.82) is 0 Å². The highest BCUT2D eigenvalue weighted by atomic mass is 35.5. The fourth-order valence-corrected chi connectivity index (χ4v) is 1.77. The van der Waals surface area contributed by atoms with Gasteiger partial charge in [0.15, 0.2) is 5.89 Å². The molecule has 4 heteroatoms. The van der Waals surface area contributed by atoms with Gasteiger partial charge < -0.3 is 4.42 Å². The third-order valence-corrected chi connectivity index (χ3v) is 2.45. The number of halogens is 1. The van der Waals surface area contributed by atoms with E-state index in [2.05, 4.69) is 4.98 Å². The summed E-state index contributed by atoms with van der Waals surface area (Å²) >= 11 is 5.86. The lowest BCUT2D eigenvalue weighted by Gasteiger charge is -2.02. The van der Waals surface area contributed by atoms with Crippen LogP contribution in [0.4, 0.5) is 0 Å². The molecule has 0 fully saturated rings. The van der Waals surface area contributed by atoms with Crippen molar-refractivity contribution in [3.05, 3.63) is 39.0 Å². The molecule has 0 N–H and O–H groups in total. The zero-order valence-electron chi connectivity index (χ0n) is 8.50. The normalized spacial score (nSPS) is 10.9. The van der Waals surface area contributed by atoms with Crippen molar-refractivity contribution in [2.75, 3.05) is 0 Å². The second kappa shape index (κ2) is 3.66. The molecule has 0 unspecified atom stereocenters. The average Bonchev–Trinajstić information content (AvgIpc) is 2.19. The Bertz CT molecular complexity index is 575. The van der Waals surface area contributed by atoms with Gasteiger partial charge in [-0.2, -0.15) is 0 Å². The largest absolute Gasteiger partial charge is 0.408 e. The van der Waals surface area contributed by atoms with Crippen molar-refractivity contribution in [2.45, 2.75) is 20.3 Å². The first-order valence-electron chi connectivity index (χ1n) is 4.71. The highest BCUT2D eigenvalue weighted by molar-refractivity contribution is 6.31. The van der Waals surface area contributed by atoms with Gasteiger partial charge in [0.2, 0.25) is 0 Å². The smallest absolute Gasteiger partial charge is 0.346 e. The van der Waals surface area contributed by atoms with E-state index in [1.165, 1.54) is 0 Å². The number of hydrogen-bond donors (Lipinski definition) is 0. The van der Waals surface area contributed by atoms with Crippen LogP contribution < -0.4 is 5.63 Å². The van der Waals surface area contributed by atoms with Crippen LogP contribution in [0.25, 0.3) is 10.9 Å². The summed E-state index contributed by atoms with van der Waals surface area (Å²) < 4.78 is 5.02. The maximum absolute atomic E-state index is 11.6. The maximum atomic E-state index is 11.6. The van der Waals surface area contributed by atoms with E-state index in [1.807, 2.05) is 13.8 Å². The van der Waals surface area contributed by atoms with Crippen molar-refractivity contribution >= 4 is 22.5 Å². The zero-order valence-corrected chi connectivity index (χ0v) is 9.26. The molecule has 0 aliphatic rings. The first-order valence-corrected chi connectivity index (χ1v) is 5.09. The highest BCUT2D eigenvalue weighted by Crippen LogP contribution is 2.19. The van der Waals surface area contributed by atoms with E-state index >= 15 is 0 Å². The molecule has 1 aromatic heterocycles. The van der Waals surface area contributed by atoms with E-state index in [9.17, 15) is 4.79 Å². The molecule has 3 nitrogen and oxygen atoms in total. The SMILES string of the molecule is CCc1nc2c(C)cc(Cl)cc2c(=O)o1. The van der Waals surface area contributed by atoms with Gasteiger partial charge in [-0.1, -0.05) is 18.5 Å². The Morgan fingerprint density at radius 3 is 2.87 bits per heavy atom. The molecule has 1 aromatic carbocycles. The minimum Gasteiger partial charge on any atom is -0.408 e. The van der Waals surface area contributed by atoms with Crippen molar-refractivity contribution in [3.63, 3.8) is 0 Å². The van der Waals surface area contributed by atoms with Crippen molar-refractivity contribution in [3.8, 4) is 0 Å². The van der Waals surface area contributed by atoms with Crippen molar-refractivity contribution in [1.82, 2.24) is 4.98 Å². The van der Waals surface area contributed by atoms with E-state index in [1.54, 1.807) is 12.1 Å². The first kappa shape index (κ1) is 10.2. The van der Waals surface area contributed by atoms with Gasteiger partial charge in [-0.15, -0.1) is 0 Å². The Morgan fingerprint density at radius 1 is 1.47 bits per heavy atom. The number of nitrogens with zero attached hydrogens (tertiary/aromatic N) is 1. The molecular formula is C11H10ClNO2. The predicted octanol–water partition coefficient (Wildman–Crippen LogP) is 2.71. The number of benzene rings is 1. The summed E-state index contributed by atoms with van der Waals surface area (Å²) in [5.74, 6) is 0.456. The summed E-state index contributed by atoms with van der Waals surface area (Å²) in [4.78, 5) is 15.9. The van der Waals surface area contributed by atoms with Crippen LogP contribution in [0.15, 0.2) is 21.3 Å². The van der Waals surface area contributed by atoms with E-state index in [-0.39, 0.29) is 5.63 Å². The van der Waals surface area contributed by atoms with Crippen LogP contribution in [-0.2, 0) is 6.42 Å². The highest BCUT2D eigenvalue weighted by Gasteiger charge is 2.08. The van der Waals surface area contributed by atoms with Crippen molar-refractivity contribution in [2.24, 2.45) is 0 Å². The summed E-state index contributed by atoms with van der Waals surface area (Å²) in [6.07, 6.45) is 0.604. The number of aryl methyl sites for hydroxylation is 2. The maximum Gasteiger partial charge on any atom is 0.346 e. The van der Waals surface area contributed by atoms with Crippen LogP contribution in [0.3, 0.4) is 0 Å². The summed E-state index contributed by atoms with van der Waals surface area (Å²) in [6.45, 7) is 3.77. The minimum atomic E-state index is -0.373. The molecule has 2 rings (SSSR count). The third-order valence-electron chi connectivity index (χ3n) is 2.23. The Balaban J connectivity index is 2.91. The second-order valence-corrected chi connectivity index (χ2v) is 3.80. The van der Waals surface area contributed by atoms with Crippen molar-refractivity contribution < 1.29 is 4.42 Å². The Labute approximate surface area is 91.7 Å². The second-order valence-electron chi connectivity index (χ2n) is 3.37. The Kier molecular flexibility index (Phi) is 2.49. The molecule has 2 aromatic rings. The molecular weight excluding hydrogens is 214 g/mol. The summed E-state index contributed by atoms with van der Waals surface area (Å²) in [5.41, 5.74) is 1.19. The quantitative estimate of drug-likeness (QED) is 0.747. The molecule has 0 atom stereocenters. The topological polar surface area (TPSA) is 43.1 Å². The van der Waals surface area contributed by atoms with Crippen LogP contribution in [-0.4, -0.2) is 4.98 Å². The number of hydrogen-bond acceptors (Lipinski definition) is 3. The fourth-order valence-electron chi connectivity index (χ4n) is 1.50. The van der Waals surface area contributed by atoms with Gasteiger partial charge in [0.25, 0.3) is 0 Å². The molecule has 0 aliphatic carbocycles. The lowest BCUT2D eigenvalue weighted by molar-refractivity contribution is 0.450. The summed E-state index contributed by atoms with van der Waals surface area (Å²) in [6, 6.07) is 3.37. The molecule has 78 valence electrons. The van der Waals surface area contributed by atoms with Gasteiger partial charge >= 0.3 is 5.63 Å². The van der Waals surface area contributed by atoms with Crippen LogP contribution in [0.1, 0.15) is 18.4 Å². The molecule has 0 saturated heterocycles. The molecule has 0 bridgehead atoms. The molecule has 0 saturated carbocycles. The average molecular weight is 224 g/mol. The Morgan fingerprint density at radius 2 is 2.20 bits per heavy atom. The van der Waals surface area contributed by atoms with Gasteiger partial charge in [0.1, 0.15) is 0 Å². The van der Waals surface area contributed by atoms with E-state index in [0.29, 0.717) is 28.2 Å². The molecule has 0 amide bonds. The standard InChI is InChI=1S/C11H10ClNO2/c1-3-9-13-10-6(2)4-7(12)5-8(10)11(14)15-9/h4-5H,3H2,1-2H3. The summed E-state index contributed by atoms with van der Waals surface area (Å²) in [5, 5.41) is 0.968. The first-order chi connectivity index (χ1) is 7.11. The summed E-state index contributed by atoms with van der Waals surface area (Å²) in [7, 11) is 0. The number of fused-ring (bicyclic) bond motifs is 1. The Hall–Kier alpha value is -1.35. The van der Waals surface area contributed by atoms with Crippen LogP contribution in [0.5, 0.6) is 0 Å². The third kappa shape index (κ3) is 1.75. The van der Waals surface area contributed by atoms with Crippen LogP contribution in [0.2, 0.25) is 5.02 Å². The number of rotatable bonds is 1. The fraction of sp³-hybridized carbons (Fsp3) is 0.273. The van der Waals surface area contributed by atoms with E-state index in [4.69, 9.17) is 16.0 Å². The molecule has 15 heavy (non-hydrogen) atoms. The van der Waals surface area contributed by atoms with E-state index < -0.39 is 0 Å². The molecule has 1 heterocycles. The lowest BCUT2D eigenvalue weighted by atomic mass is 10.1. The minimum absolute atomic E-state index is 0.373. The van der Waals surface area contributed by atoms with Gasteiger partial charge in [0.05, 0.1) is 10.9 Å². The molecule has 0 aliphatic heterocycles. The van der Waals surface area contributed by atoms with E-state index in [0.717, 1.165) is 5.56 Å². The van der Waals surface area contributed by atoms with Crippen LogP contribution >= 0.6 is 11.6 Å². The lowest BCUT2D eigenvalue weighted by Crippen LogP contribution is -2.05. The van der Waals surface area contributed by atoms with Gasteiger partial charge in [-0.05, 0) is 24.6 Å². The zero-order chi connectivity index (χ0) is 11.0. The van der Waals surface area contributed by atoms with Gasteiger partial charge in [0, 0.05) is 11.4 Å². The van der Waals surface area contributed by atoms with Crippen LogP contribution in [0, 0.1) is 6.92 Å². The number of aromatic nitrogens is 1. The molecule has 0 radical (unpaired) electrons. The predicted molar refractivity (Wildman–Crippen MR) is 59.4 cm³/mol.